The quantitative estimate of drug-likeness (QED) is 0.740. The van der Waals surface area contributed by atoms with Crippen LogP contribution in [0, 0.1) is 0 Å². The second-order valence-electron chi connectivity index (χ2n) is 3.97. The van der Waals surface area contributed by atoms with Crippen molar-refractivity contribution in [3.63, 3.8) is 0 Å². The van der Waals surface area contributed by atoms with Crippen molar-refractivity contribution < 1.29 is 5.11 Å². The third-order valence-electron chi connectivity index (χ3n) is 2.77. The van der Waals surface area contributed by atoms with E-state index < -0.39 is 0 Å². The highest BCUT2D eigenvalue weighted by Crippen LogP contribution is 2.19. The van der Waals surface area contributed by atoms with Crippen LogP contribution in [0.3, 0.4) is 0 Å². The molecule has 0 saturated heterocycles. The highest BCUT2D eigenvalue weighted by Gasteiger charge is 2.08. The third-order valence-corrected chi connectivity index (χ3v) is 2.77. The molecule has 4 heteroatoms. The summed E-state index contributed by atoms with van der Waals surface area (Å²) in [7, 11) is 0. The molecule has 3 N–H and O–H groups in total. The van der Waals surface area contributed by atoms with Gasteiger partial charge in [0.15, 0.2) is 0 Å². The van der Waals surface area contributed by atoms with Crippen molar-refractivity contribution in [3.8, 4) is 5.75 Å². The monoisotopic (exact) mass is 231 g/mol. The SMILES string of the molecule is CCC(NCc1ncc[nH]1)c1ccc(O)cc1. The molecule has 0 aliphatic rings. The van der Waals surface area contributed by atoms with Crippen LogP contribution in [-0.2, 0) is 6.54 Å². The number of hydrogen-bond donors (Lipinski definition) is 3. The van der Waals surface area contributed by atoms with Crippen LogP contribution in [0.1, 0.15) is 30.8 Å². The van der Waals surface area contributed by atoms with Gasteiger partial charge in [0, 0.05) is 18.4 Å². The molecule has 0 fully saturated rings. The molecule has 1 aromatic carbocycles. The molecule has 90 valence electrons. The molecule has 1 heterocycles. The van der Waals surface area contributed by atoms with Crippen LogP contribution in [0.25, 0.3) is 0 Å². The lowest BCUT2D eigenvalue weighted by Gasteiger charge is -2.16. The zero-order valence-corrected chi connectivity index (χ0v) is 9.85. The number of nitrogens with zero attached hydrogens (tertiary/aromatic N) is 1. The normalized spacial score (nSPS) is 12.5. The summed E-state index contributed by atoms with van der Waals surface area (Å²) in [4.78, 5) is 7.24. The minimum absolute atomic E-state index is 0.278. The number of aromatic amines is 1. The van der Waals surface area contributed by atoms with Gasteiger partial charge in [-0.2, -0.15) is 0 Å². The summed E-state index contributed by atoms with van der Waals surface area (Å²) in [6.45, 7) is 2.85. The smallest absolute Gasteiger partial charge is 0.120 e. The first-order valence-electron chi connectivity index (χ1n) is 5.80. The van der Waals surface area contributed by atoms with E-state index in [1.165, 1.54) is 5.56 Å². The molecule has 1 atom stereocenters. The lowest BCUT2D eigenvalue weighted by molar-refractivity contribution is 0.472. The molecule has 4 nitrogen and oxygen atoms in total. The van der Waals surface area contributed by atoms with Gasteiger partial charge in [0.25, 0.3) is 0 Å². The maximum absolute atomic E-state index is 9.26. The van der Waals surface area contributed by atoms with Gasteiger partial charge in [-0.05, 0) is 24.1 Å². The highest BCUT2D eigenvalue weighted by molar-refractivity contribution is 5.27. The van der Waals surface area contributed by atoms with E-state index in [4.69, 9.17) is 0 Å². The summed E-state index contributed by atoms with van der Waals surface area (Å²) in [5.74, 6) is 1.23. The fraction of sp³-hybridized carbons (Fsp3) is 0.308. The number of phenolic OH excluding ortho intramolecular Hbond substituents is 1. The summed E-state index contributed by atoms with van der Waals surface area (Å²) in [5, 5.41) is 12.7. The van der Waals surface area contributed by atoms with Crippen molar-refractivity contribution >= 4 is 0 Å². The minimum Gasteiger partial charge on any atom is -0.508 e. The van der Waals surface area contributed by atoms with Gasteiger partial charge in [-0.25, -0.2) is 4.98 Å². The molecule has 0 amide bonds. The number of imidazole rings is 1. The summed E-state index contributed by atoms with van der Waals surface area (Å²) in [6, 6.07) is 7.59. The highest BCUT2D eigenvalue weighted by atomic mass is 16.3. The van der Waals surface area contributed by atoms with Crippen LogP contribution in [0.5, 0.6) is 5.75 Å². The molecule has 1 unspecified atom stereocenters. The topological polar surface area (TPSA) is 60.9 Å². The van der Waals surface area contributed by atoms with Crippen molar-refractivity contribution in [2.75, 3.05) is 0 Å². The van der Waals surface area contributed by atoms with Crippen molar-refractivity contribution in [2.24, 2.45) is 0 Å². The van der Waals surface area contributed by atoms with Gasteiger partial charge in [0.05, 0.1) is 6.54 Å². The first-order chi connectivity index (χ1) is 8.29. The molecule has 0 saturated carbocycles. The van der Waals surface area contributed by atoms with Crippen molar-refractivity contribution in [1.29, 1.82) is 0 Å². The van der Waals surface area contributed by atoms with E-state index in [1.807, 2.05) is 18.3 Å². The van der Waals surface area contributed by atoms with Gasteiger partial charge in [-0.1, -0.05) is 19.1 Å². The van der Waals surface area contributed by atoms with Gasteiger partial charge in [-0.3, -0.25) is 0 Å². The molecule has 1 aromatic heterocycles. The van der Waals surface area contributed by atoms with Crippen LogP contribution in [-0.4, -0.2) is 15.1 Å². The van der Waals surface area contributed by atoms with E-state index in [1.54, 1.807) is 18.3 Å². The molecule has 0 aliphatic carbocycles. The number of rotatable bonds is 5. The number of aromatic hydroxyl groups is 1. The Morgan fingerprint density at radius 1 is 1.35 bits per heavy atom. The van der Waals surface area contributed by atoms with Crippen LogP contribution >= 0.6 is 0 Å². The van der Waals surface area contributed by atoms with Gasteiger partial charge in [0.1, 0.15) is 11.6 Å². The zero-order valence-electron chi connectivity index (χ0n) is 9.85. The van der Waals surface area contributed by atoms with E-state index in [0.29, 0.717) is 12.3 Å². The summed E-state index contributed by atoms with van der Waals surface area (Å²) >= 11 is 0. The molecule has 17 heavy (non-hydrogen) atoms. The van der Waals surface area contributed by atoms with Crippen molar-refractivity contribution in [2.45, 2.75) is 25.9 Å². The van der Waals surface area contributed by atoms with Gasteiger partial charge in [0.2, 0.25) is 0 Å². The number of benzene rings is 1. The summed E-state index contributed by atoms with van der Waals surface area (Å²) < 4.78 is 0. The maximum Gasteiger partial charge on any atom is 0.120 e. The minimum atomic E-state index is 0.278. The Morgan fingerprint density at radius 2 is 2.12 bits per heavy atom. The fourth-order valence-corrected chi connectivity index (χ4v) is 1.82. The predicted octanol–water partition coefficient (Wildman–Crippen LogP) is 2.36. The Kier molecular flexibility index (Phi) is 3.77. The Bertz CT molecular complexity index is 436. The van der Waals surface area contributed by atoms with Gasteiger partial charge in [-0.15, -0.1) is 0 Å². The average Bonchev–Trinajstić information content (AvgIpc) is 2.85. The molecule has 0 bridgehead atoms. The van der Waals surface area contributed by atoms with E-state index in [0.717, 1.165) is 12.2 Å². The van der Waals surface area contributed by atoms with Crippen molar-refractivity contribution in [1.82, 2.24) is 15.3 Å². The predicted molar refractivity (Wildman–Crippen MR) is 66.6 cm³/mol. The Morgan fingerprint density at radius 3 is 2.71 bits per heavy atom. The molecule has 2 rings (SSSR count). The standard InChI is InChI=1S/C13H17N3O/c1-2-12(10-3-5-11(17)6-4-10)16-9-13-14-7-8-15-13/h3-8,12,16-17H,2,9H2,1H3,(H,14,15). The van der Waals surface area contributed by atoms with Crippen LogP contribution < -0.4 is 5.32 Å². The first kappa shape index (κ1) is 11.7. The number of phenols is 1. The second kappa shape index (κ2) is 5.50. The summed E-state index contributed by atoms with van der Waals surface area (Å²) in [5.41, 5.74) is 1.18. The molecular weight excluding hydrogens is 214 g/mol. The average molecular weight is 231 g/mol. The van der Waals surface area contributed by atoms with Gasteiger partial charge < -0.3 is 15.4 Å². The Hall–Kier alpha value is -1.81. The fourth-order valence-electron chi connectivity index (χ4n) is 1.82. The molecular formula is C13H17N3O. The van der Waals surface area contributed by atoms with E-state index in [2.05, 4.69) is 22.2 Å². The lowest BCUT2D eigenvalue weighted by atomic mass is 10.0. The number of nitrogens with one attached hydrogen (secondary N) is 2. The molecule has 2 aromatic rings. The lowest BCUT2D eigenvalue weighted by Crippen LogP contribution is -2.20. The van der Waals surface area contributed by atoms with Crippen LogP contribution in [0.15, 0.2) is 36.7 Å². The molecule has 0 spiro atoms. The van der Waals surface area contributed by atoms with Crippen LogP contribution in [0.2, 0.25) is 0 Å². The van der Waals surface area contributed by atoms with E-state index >= 15 is 0 Å². The van der Waals surface area contributed by atoms with E-state index in [9.17, 15) is 5.11 Å². The second-order valence-corrected chi connectivity index (χ2v) is 3.97. The Balaban J connectivity index is 1.99. The molecule has 0 aliphatic heterocycles. The van der Waals surface area contributed by atoms with Crippen molar-refractivity contribution in [3.05, 3.63) is 48.0 Å². The van der Waals surface area contributed by atoms with Crippen LogP contribution in [0.4, 0.5) is 0 Å². The first-order valence-corrected chi connectivity index (χ1v) is 5.80. The third kappa shape index (κ3) is 3.07. The zero-order chi connectivity index (χ0) is 12.1. The van der Waals surface area contributed by atoms with Gasteiger partial charge >= 0.3 is 0 Å². The number of hydrogen-bond acceptors (Lipinski definition) is 3. The van der Waals surface area contributed by atoms with E-state index in [-0.39, 0.29) is 6.04 Å². The summed E-state index contributed by atoms with van der Waals surface area (Å²) in [6.07, 6.45) is 4.56. The number of H-pyrrole nitrogens is 1. The number of aromatic nitrogens is 2. The maximum atomic E-state index is 9.26. The largest absolute Gasteiger partial charge is 0.508 e. The Labute approximate surface area is 101 Å². The molecule has 0 radical (unpaired) electrons.